The summed E-state index contributed by atoms with van der Waals surface area (Å²) in [5, 5.41) is 2.95. The van der Waals surface area contributed by atoms with Gasteiger partial charge in [0.15, 0.2) is 0 Å². The number of benzene rings is 1. The van der Waals surface area contributed by atoms with Crippen molar-refractivity contribution in [3.63, 3.8) is 0 Å². The van der Waals surface area contributed by atoms with E-state index in [1.54, 1.807) is 9.80 Å². The number of nitrogens with zero attached hydrogens (tertiary/aromatic N) is 4. The third-order valence-electron chi connectivity index (χ3n) is 5.58. The summed E-state index contributed by atoms with van der Waals surface area (Å²) in [6.07, 6.45) is 1.82. The maximum Gasteiger partial charge on any atom is 0.321 e. The molecule has 0 radical (unpaired) electrons. The maximum atomic E-state index is 12.8. The highest BCUT2D eigenvalue weighted by Gasteiger charge is 2.40. The number of rotatable bonds is 1. The number of hydrogen-bond acceptors (Lipinski definition) is 4. The van der Waals surface area contributed by atoms with Gasteiger partial charge in [0.2, 0.25) is 5.91 Å². The minimum absolute atomic E-state index is 0.0856. The van der Waals surface area contributed by atoms with Gasteiger partial charge in [0, 0.05) is 31.9 Å². The smallest absolute Gasteiger partial charge is 0.321 e. The van der Waals surface area contributed by atoms with Gasteiger partial charge >= 0.3 is 6.03 Å². The summed E-state index contributed by atoms with van der Waals surface area (Å²) in [7, 11) is 1.84. The Morgan fingerprint density at radius 3 is 2.62 bits per heavy atom. The normalized spacial score (nSPS) is 22.7. The average Bonchev–Trinajstić information content (AvgIpc) is 2.90. The van der Waals surface area contributed by atoms with Crippen molar-refractivity contribution in [1.82, 2.24) is 19.8 Å². The summed E-state index contributed by atoms with van der Waals surface area (Å²) in [5.41, 5.74) is 4.05. The van der Waals surface area contributed by atoms with E-state index in [0.29, 0.717) is 18.8 Å². The highest BCUT2D eigenvalue weighted by molar-refractivity contribution is 5.92. The first kappa shape index (κ1) is 16.8. The summed E-state index contributed by atoms with van der Waals surface area (Å²) in [4.78, 5) is 37.7. The van der Waals surface area contributed by atoms with Crippen LogP contribution in [0.3, 0.4) is 0 Å². The molecule has 3 amide bonds. The van der Waals surface area contributed by atoms with Crippen molar-refractivity contribution in [1.29, 1.82) is 0 Å². The number of fused-ring (bicyclic) bond motifs is 5. The van der Waals surface area contributed by atoms with Gasteiger partial charge in [-0.05, 0) is 44.9 Å². The van der Waals surface area contributed by atoms with Crippen LogP contribution in [0.25, 0.3) is 11.0 Å². The fourth-order valence-electron chi connectivity index (χ4n) is 3.83. The topological polar surface area (TPSA) is 78.4 Å². The van der Waals surface area contributed by atoms with E-state index in [2.05, 4.69) is 15.3 Å². The predicted molar refractivity (Wildman–Crippen MR) is 98.9 cm³/mol. The van der Waals surface area contributed by atoms with Crippen LogP contribution in [0.4, 0.5) is 10.5 Å². The molecule has 3 fully saturated rings. The van der Waals surface area contributed by atoms with Gasteiger partial charge in [-0.15, -0.1) is 0 Å². The standard InChI is InChI=1S/C19H23N5O2/c1-11-12(2)21-17-8-14(5-7-16(17)20-11)22-19(26)24-9-13-4-6-15(10-24)23(3)18(13)25/h5,7-8,13,15H,4,6,9-10H2,1-3H3,(H,22,26). The molecule has 1 aromatic heterocycles. The highest BCUT2D eigenvalue weighted by atomic mass is 16.2. The van der Waals surface area contributed by atoms with E-state index >= 15 is 0 Å². The Kier molecular flexibility index (Phi) is 4.01. The molecular weight excluding hydrogens is 330 g/mol. The van der Waals surface area contributed by atoms with E-state index in [0.717, 1.165) is 35.3 Å². The average molecular weight is 353 g/mol. The van der Waals surface area contributed by atoms with E-state index in [1.165, 1.54) is 0 Å². The van der Waals surface area contributed by atoms with E-state index in [9.17, 15) is 9.59 Å². The van der Waals surface area contributed by atoms with Crippen LogP contribution in [0, 0.1) is 19.8 Å². The lowest BCUT2D eigenvalue weighted by molar-refractivity contribution is -0.138. The molecule has 3 aliphatic heterocycles. The Labute approximate surface area is 152 Å². The van der Waals surface area contributed by atoms with Crippen LogP contribution in [0.1, 0.15) is 24.2 Å². The van der Waals surface area contributed by atoms with Crippen molar-refractivity contribution in [2.45, 2.75) is 32.7 Å². The van der Waals surface area contributed by atoms with Gasteiger partial charge in [-0.2, -0.15) is 0 Å². The Morgan fingerprint density at radius 1 is 1.12 bits per heavy atom. The van der Waals surface area contributed by atoms with Gasteiger partial charge < -0.3 is 15.1 Å². The van der Waals surface area contributed by atoms with Crippen molar-refractivity contribution in [3.8, 4) is 0 Å². The highest BCUT2D eigenvalue weighted by Crippen LogP contribution is 2.28. The number of aromatic nitrogens is 2. The number of anilines is 1. The largest absolute Gasteiger partial charge is 0.341 e. The van der Waals surface area contributed by atoms with Gasteiger partial charge in [-0.3, -0.25) is 4.79 Å². The first-order valence-corrected chi connectivity index (χ1v) is 9.00. The zero-order valence-corrected chi connectivity index (χ0v) is 15.3. The van der Waals surface area contributed by atoms with Crippen LogP contribution in [-0.4, -0.2) is 57.9 Å². The van der Waals surface area contributed by atoms with E-state index < -0.39 is 0 Å². The van der Waals surface area contributed by atoms with Gasteiger partial charge in [0.1, 0.15) is 0 Å². The quantitative estimate of drug-likeness (QED) is 0.853. The first-order chi connectivity index (χ1) is 12.4. The monoisotopic (exact) mass is 353 g/mol. The van der Waals surface area contributed by atoms with Crippen LogP contribution in [0.2, 0.25) is 0 Å². The summed E-state index contributed by atoms with van der Waals surface area (Å²) in [6.45, 7) is 4.92. The molecule has 3 saturated heterocycles. The van der Waals surface area contributed by atoms with Crippen molar-refractivity contribution in [3.05, 3.63) is 29.6 Å². The summed E-state index contributed by atoms with van der Waals surface area (Å²) >= 11 is 0. The number of likely N-dealkylation sites (N-methyl/N-ethyl adjacent to an activating group) is 1. The molecule has 7 nitrogen and oxygen atoms in total. The minimum Gasteiger partial charge on any atom is -0.341 e. The lowest BCUT2D eigenvalue weighted by Gasteiger charge is -2.32. The molecular formula is C19H23N5O2. The molecule has 3 aliphatic rings. The van der Waals surface area contributed by atoms with Crippen molar-refractivity contribution in [2.75, 3.05) is 25.5 Å². The summed E-state index contributed by atoms with van der Waals surface area (Å²) in [5.74, 6) is 0.0703. The minimum atomic E-state index is -0.166. The molecule has 0 spiro atoms. The van der Waals surface area contributed by atoms with Crippen molar-refractivity contribution in [2.24, 2.45) is 5.92 Å². The molecule has 2 aromatic rings. The fourth-order valence-corrected chi connectivity index (χ4v) is 3.83. The SMILES string of the molecule is Cc1nc2ccc(NC(=O)N3CC4CCC(C3)N(C)C4=O)cc2nc1C. The number of nitrogens with one attached hydrogen (secondary N) is 1. The molecule has 4 heterocycles. The molecule has 0 aliphatic carbocycles. The molecule has 2 atom stereocenters. The van der Waals surface area contributed by atoms with Crippen LogP contribution in [0.5, 0.6) is 0 Å². The Hall–Kier alpha value is -2.70. The van der Waals surface area contributed by atoms with Crippen LogP contribution >= 0.6 is 0 Å². The lowest BCUT2D eigenvalue weighted by Crippen LogP contribution is -2.45. The van der Waals surface area contributed by atoms with Crippen LogP contribution in [-0.2, 0) is 4.79 Å². The Bertz CT molecular complexity index is 897. The number of amides is 3. The summed E-state index contributed by atoms with van der Waals surface area (Å²) in [6, 6.07) is 5.50. The molecule has 0 saturated carbocycles. The zero-order valence-electron chi connectivity index (χ0n) is 15.3. The Balaban J connectivity index is 1.54. The zero-order chi connectivity index (χ0) is 18.4. The predicted octanol–water partition coefficient (Wildman–Crippen LogP) is 2.33. The molecule has 2 bridgehead atoms. The van der Waals surface area contributed by atoms with Crippen LogP contribution in [0.15, 0.2) is 18.2 Å². The number of carbonyl (C=O) groups is 2. The van der Waals surface area contributed by atoms with E-state index in [4.69, 9.17) is 0 Å². The lowest BCUT2D eigenvalue weighted by atomic mass is 9.95. The number of urea groups is 1. The molecule has 136 valence electrons. The molecule has 1 N–H and O–H groups in total. The van der Waals surface area contributed by atoms with E-state index in [1.807, 2.05) is 39.1 Å². The van der Waals surface area contributed by atoms with Crippen molar-refractivity contribution >= 4 is 28.7 Å². The second-order valence-electron chi connectivity index (χ2n) is 7.31. The number of carbonyl (C=O) groups excluding carboxylic acids is 2. The van der Waals surface area contributed by atoms with Gasteiger partial charge in [0.05, 0.1) is 28.3 Å². The third-order valence-corrected chi connectivity index (χ3v) is 5.58. The van der Waals surface area contributed by atoms with Gasteiger partial charge in [-0.1, -0.05) is 0 Å². The second-order valence-corrected chi connectivity index (χ2v) is 7.31. The molecule has 7 heteroatoms. The van der Waals surface area contributed by atoms with Crippen LogP contribution < -0.4 is 5.32 Å². The third kappa shape index (κ3) is 2.87. The summed E-state index contributed by atoms with van der Waals surface area (Å²) < 4.78 is 0. The number of hydrogen-bond donors (Lipinski definition) is 1. The van der Waals surface area contributed by atoms with Gasteiger partial charge in [0.25, 0.3) is 0 Å². The number of aryl methyl sites for hydroxylation is 2. The molecule has 26 heavy (non-hydrogen) atoms. The fraction of sp³-hybridized carbons (Fsp3) is 0.474. The molecule has 2 unspecified atom stereocenters. The molecule has 5 rings (SSSR count). The number of piperidine rings is 1. The van der Waals surface area contributed by atoms with E-state index in [-0.39, 0.29) is 23.9 Å². The first-order valence-electron chi connectivity index (χ1n) is 9.00. The maximum absolute atomic E-state index is 12.8. The van der Waals surface area contributed by atoms with Gasteiger partial charge in [-0.25, -0.2) is 14.8 Å². The van der Waals surface area contributed by atoms with Crippen molar-refractivity contribution < 1.29 is 9.59 Å². The molecule has 1 aromatic carbocycles. The Morgan fingerprint density at radius 2 is 1.85 bits per heavy atom. The second kappa shape index (κ2) is 6.23.